The molecule has 0 fully saturated rings. The molecule has 6 nitrogen and oxygen atoms in total. The zero-order chi connectivity index (χ0) is 19.7. The van der Waals surface area contributed by atoms with Crippen molar-refractivity contribution in [3.8, 4) is 11.3 Å². The number of carbonyl (C=O) groups is 1. The van der Waals surface area contributed by atoms with E-state index in [1.54, 1.807) is 35.0 Å². The molecular formula is C20H14F2N4O2. The summed E-state index contributed by atoms with van der Waals surface area (Å²) in [5.74, 6) is -1.56. The van der Waals surface area contributed by atoms with Gasteiger partial charge in [-0.15, -0.1) is 5.10 Å². The van der Waals surface area contributed by atoms with Crippen LogP contribution in [0, 0.1) is 11.6 Å². The van der Waals surface area contributed by atoms with Crippen molar-refractivity contribution in [1.29, 1.82) is 0 Å². The van der Waals surface area contributed by atoms with Gasteiger partial charge in [0.1, 0.15) is 17.5 Å². The number of aromatic carboxylic acids is 1. The number of nitrogens with zero attached hydrogens (tertiary/aromatic N) is 3. The van der Waals surface area contributed by atoms with Crippen molar-refractivity contribution in [3.63, 3.8) is 0 Å². The molecule has 140 valence electrons. The van der Waals surface area contributed by atoms with Crippen LogP contribution in [0.5, 0.6) is 0 Å². The summed E-state index contributed by atoms with van der Waals surface area (Å²) < 4.78 is 28.7. The Labute approximate surface area is 158 Å². The van der Waals surface area contributed by atoms with Gasteiger partial charge in [0, 0.05) is 17.7 Å². The second kappa shape index (κ2) is 7.07. The highest BCUT2D eigenvalue weighted by molar-refractivity contribution is 5.88. The van der Waals surface area contributed by atoms with Gasteiger partial charge >= 0.3 is 5.97 Å². The highest BCUT2D eigenvalue weighted by atomic mass is 19.1. The molecule has 0 unspecified atom stereocenters. The summed E-state index contributed by atoms with van der Waals surface area (Å²) in [4.78, 5) is 15.3. The fraction of sp³-hybridized carbons (Fsp3) is 0.0500. The van der Waals surface area contributed by atoms with Crippen LogP contribution in [0.15, 0.2) is 60.8 Å². The monoisotopic (exact) mass is 380 g/mol. The molecule has 0 radical (unpaired) electrons. The zero-order valence-electron chi connectivity index (χ0n) is 14.4. The molecule has 4 rings (SSSR count). The van der Waals surface area contributed by atoms with Gasteiger partial charge in [0.15, 0.2) is 5.65 Å². The highest BCUT2D eigenvalue weighted by Gasteiger charge is 2.10. The van der Waals surface area contributed by atoms with Gasteiger partial charge in [-0.05, 0) is 42.5 Å². The Kier molecular flexibility index (Phi) is 4.44. The summed E-state index contributed by atoms with van der Waals surface area (Å²) in [5, 5.41) is 16.4. The van der Waals surface area contributed by atoms with E-state index >= 15 is 0 Å². The number of anilines is 1. The molecule has 0 amide bonds. The molecule has 4 aromatic rings. The van der Waals surface area contributed by atoms with Gasteiger partial charge in [0.05, 0.1) is 17.5 Å². The number of aromatic nitrogens is 3. The van der Waals surface area contributed by atoms with E-state index in [9.17, 15) is 13.6 Å². The predicted molar refractivity (Wildman–Crippen MR) is 99.1 cm³/mol. The number of carboxylic acid groups (broad SMARTS) is 1. The lowest BCUT2D eigenvalue weighted by Gasteiger charge is -2.08. The lowest BCUT2D eigenvalue weighted by atomic mass is 10.1. The third kappa shape index (κ3) is 3.39. The Morgan fingerprint density at radius 3 is 2.61 bits per heavy atom. The number of halogens is 2. The number of carboxylic acids is 1. The third-order valence-electron chi connectivity index (χ3n) is 4.26. The highest BCUT2D eigenvalue weighted by Crippen LogP contribution is 2.22. The van der Waals surface area contributed by atoms with E-state index in [1.165, 1.54) is 12.1 Å². The topological polar surface area (TPSA) is 79.5 Å². The van der Waals surface area contributed by atoms with E-state index in [-0.39, 0.29) is 17.7 Å². The SMILES string of the molecule is O=C(O)c1ccc(-c2cnc3ccc(NCc4cc(F)ccc4F)nn23)cc1. The number of rotatable bonds is 5. The summed E-state index contributed by atoms with van der Waals surface area (Å²) in [5.41, 5.74) is 2.40. The lowest BCUT2D eigenvalue weighted by Crippen LogP contribution is -2.06. The molecule has 2 aromatic carbocycles. The minimum atomic E-state index is -1.00. The van der Waals surface area contributed by atoms with Crippen molar-refractivity contribution in [3.05, 3.63) is 83.6 Å². The van der Waals surface area contributed by atoms with Crippen LogP contribution in [-0.2, 0) is 6.54 Å². The average Bonchev–Trinajstić information content (AvgIpc) is 3.12. The number of imidazole rings is 1. The molecule has 28 heavy (non-hydrogen) atoms. The first-order valence-corrected chi connectivity index (χ1v) is 8.37. The second-order valence-electron chi connectivity index (χ2n) is 6.10. The van der Waals surface area contributed by atoms with Crippen molar-refractivity contribution in [2.75, 3.05) is 5.32 Å². The van der Waals surface area contributed by atoms with Crippen LogP contribution < -0.4 is 5.32 Å². The van der Waals surface area contributed by atoms with Gasteiger partial charge < -0.3 is 10.4 Å². The van der Waals surface area contributed by atoms with Crippen LogP contribution >= 0.6 is 0 Å². The van der Waals surface area contributed by atoms with Crippen molar-refractivity contribution in [2.24, 2.45) is 0 Å². The Balaban J connectivity index is 1.62. The molecule has 0 aliphatic heterocycles. The Bertz CT molecular complexity index is 1170. The van der Waals surface area contributed by atoms with Crippen LogP contribution in [0.2, 0.25) is 0 Å². The van der Waals surface area contributed by atoms with Gasteiger partial charge in [0.2, 0.25) is 0 Å². The van der Waals surface area contributed by atoms with Crippen LogP contribution in [-0.4, -0.2) is 25.7 Å². The summed E-state index contributed by atoms with van der Waals surface area (Å²) in [6.45, 7) is 0.0689. The molecule has 0 atom stereocenters. The van der Waals surface area contributed by atoms with Gasteiger partial charge in [0.25, 0.3) is 0 Å². The minimum absolute atomic E-state index is 0.0689. The van der Waals surface area contributed by atoms with Gasteiger partial charge in [-0.1, -0.05) is 12.1 Å². The normalized spacial score (nSPS) is 10.9. The summed E-state index contributed by atoms with van der Waals surface area (Å²) >= 11 is 0. The van der Waals surface area contributed by atoms with E-state index in [4.69, 9.17) is 5.11 Å². The smallest absolute Gasteiger partial charge is 0.335 e. The first-order valence-electron chi connectivity index (χ1n) is 8.37. The quantitative estimate of drug-likeness (QED) is 0.547. The van der Waals surface area contributed by atoms with Gasteiger partial charge in [-0.2, -0.15) is 0 Å². The average molecular weight is 380 g/mol. The fourth-order valence-electron chi connectivity index (χ4n) is 2.81. The largest absolute Gasteiger partial charge is 0.478 e. The number of hydrogen-bond acceptors (Lipinski definition) is 4. The van der Waals surface area contributed by atoms with Crippen molar-refractivity contribution >= 4 is 17.4 Å². The molecular weight excluding hydrogens is 366 g/mol. The van der Waals surface area contributed by atoms with Gasteiger partial charge in [-0.3, -0.25) is 0 Å². The Morgan fingerprint density at radius 1 is 1.07 bits per heavy atom. The Hall–Kier alpha value is -3.81. The van der Waals surface area contributed by atoms with Crippen LogP contribution in [0.25, 0.3) is 16.9 Å². The van der Waals surface area contributed by atoms with E-state index in [0.717, 1.165) is 23.8 Å². The van der Waals surface area contributed by atoms with E-state index in [1.807, 2.05) is 0 Å². The number of benzene rings is 2. The molecule has 2 heterocycles. The van der Waals surface area contributed by atoms with Crippen LogP contribution in [0.4, 0.5) is 14.6 Å². The molecule has 2 aromatic heterocycles. The molecule has 0 bridgehead atoms. The molecule has 0 aliphatic rings. The molecule has 0 spiro atoms. The zero-order valence-corrected chi connectivity index (χ0v) is 14.4. The summed E-state index contributed by atoms with van der Waals surface area (Å²) in [6.07, 6.45) is 1.63. The number of hydrogen-bond donors (Lipinski definition) is 2. The second-order valence-corrected chi connectivity index (χ2v) is 6.10. The van der Waals surface area contributed by atoms with Gasteiger partial charge in [-0.25, -0.2) is 23.1 Å². The van der Waals surface area contributed by atoms with E-state index < -0.39 is 17.6 Å². The van der Waals surface area contributed by atoms with Crippen LogP contribution in [0.1, 0.15) is 15.9 Å². The lowest BCUT2D eigenvalue weighted by molar-refractivity contribution is 0.0697. The molecule has 0 saturated heterocycles. The van der Waals surface area contributed by atoms with Crippen molar-refractivity contribution < 1.29 is 18.7 Å². The molecule has 8 heteroatoms. The maximum absolute atomic E-state index is 13.8. The van der Waals surface area contributed by atoms with Crippen LogP contribution in [0.3, 0.4) is 0 Å². The first-order chi connectivity index (χ1) is 13.5. The molecule has 0 saturated carbocycles. The fourth-order valence-corrected chi connectivity index (χ4v) is 2.81. The van der Waals surface area contributed by atoms with E-state index in [2.05, 4.69) is 15.4 Å². The molecule has 2 N–H and O–H groups in total. The first kappa shape index (κ1) is 17.6. The number of nitrogens with one attached hydrogen (secondary N) is 1. The van der Waals surface area contributed by atoms with E-state index in [0.29, 0.717) is 17.2 Å². The minimum Gasteiger partial charge on any atom is -0.478 e. The molecule has 0 aliphatic carbocycles. The summed E-state index contributed by atoms with van der Waals surface area (Å²) in [6, 6.07) is 13.1. The maximum atomic E-state index is 13.8. The standard InChI is InChI=1S/C20H14F2N4O2/c21-15-5-6-16(22)14(9-15)10-23-18-7-8-19-24-11-17(26(19)25-18)12-1-3-13(4-2-12)20(27)28/h1-9,11H,10H2,(H,23,25)(H,27,28). The maximum Gasteiger partial charge on any atom is 0.335 e. The third-order valence-corrected chi connectivity index (χ3v) is 4.26. The Morgan fingerprint density at radius 2 is 1.86 bits per heavy atom. The number of fused-ring (bicyclic) bond motifs is 1. The summed E-state index contributed by atoms with van der Waals surface area (Å²) in [7, 11) is 0. The van der Waals surface area contributed by atoms with Crippen molar-refractivity contribution in [1.82, 2.24) is 14.6 Å². The van der Waals surface area contributed by atoms with Crippen molar-refractivity contribution in [2.45, 2.75) is 6.54 Å². The predicted octanol–water partition coefficient (Wildman–Crippen LogP) is 3.98.